The third-order valence-corrected chi connectivity index (χ3v) is 11.7. The molecule has 1 aromatic rings. The van der Waals surface area contributed by atoms with Gasteiger partial charge in [0.05, 0.1) is 11.9 Å². The predicted molar refractivity (Wildman–Crippen MR) is 134 cm³/mol. The molecule has 2 N–H and O–H groups in total. The molecule has 6 heteroatoms. The smallest absolute Gasteiger partial charge is 0.335 e. The first-order chi connectivity index (χ1) is 16.7. The van der Waals surface area contributed by atoms with Gasteiger partial charge in [0.1, 0.15) is 0 Å². The molecule has 1 saturated heterocycles. The van der Waals surface area contributed by atoms with Crippen LogP contribution in [0.15, 0.2) is 27.6 Å². The van der Waals surface area contributed by atoms with Crippen molar-refractivity contribution in [3.63, 3.8) is 0 Å². The second-order valence-electron chi connectivity index (χ2n) is 13.0. The van der Waals surface area contributed by atoms with Gasteiger partial charge in [0, 0.05) is 30.6 Å². The summed E-state index contributed by atoms with van der Waals surface area (Å²) in [5.41, 5.74) is 0.154. The number of carbonyl (C=O) groups excluding carboxylic acids is 1. The Labute approximate surface area is 208 Å². The number of nitrogens with zero attached hydrogens (tertiary/aromatic N) is 1. The highest BCUT2D eigenvalue weighted by atomic mass is 16.4. The Bertz CT molecular complexity index is 1010. The molecule has 5 fully saturated rings. The van der Waals surface area contributed by atoms with E-state index in [0.29, 0.717) is 23.8 Å². The number of urea groups is 1. The van der Waals surface area contributed by atoms with Gasteiger partial charge in [0.2, 0.25) is 0 Å². The summed E-state index contributed by atoms with van der Waals surface area (Å²) in [6.07, 6.45) is 13.4. The monoisotopic (exact) mass is 482 g/mol. The number of likely N-dealkylation sites (tertiary alicyclic amines) is 1. The zero-order valence-electron chi connectivity index (χ0n) is 21.4. The van der Waals surface area contributed by atoms with Crippen LogP contribution in [0.4, 0.5) is 4.79 Å². The summed E-state index contributed by atoms with van der Waals surface area (Å²) in [4.78, 5) is 26.2. The molecule has 4 aliphatic carbocycles. The summed E-state index contributed by atoms with van der Waals surface area (Å²) >= 11 is 0. The van der Waals surface area contributed by atoms with Gasteiger partial charge in [-0.2, -0.15) is 0 Å². The second-order valence-corrected chi connectivity index (χ2v) is 13.0. The zero-order chi connectivity index (χ0) is 24.4. The third-order valence-electron chi connectivity index (χ3n) is 11.7. The predicted octanol–water partition coefficient (Wildman–Crippen LogP) is 5.06. The molecule has 4 saturated carbocycles. The number of carbonyl (C=O) groups is 1. The van der Waals surface area contributed by atoms with Crippen LogP contribution in [-0.4, -0.2) is 40.8 Å². The van der Waals surface area contributed by atoms with E-state index in [9.17, 15) is 14.7 Å². The maximum atomic E-state index is 12.7. The Kier molecular flexibility index (Phi) is 5.63. The van der Waals surface area contributed by atoms with Gasteiger partial charge in [-0.15, -0.1) is 0 Å². The van der Waals surface area contributed by atoms with Gasteiger partial charge in [-0.3, -0.25) is 0 Å². The Morgan fingerprint density at radius 3 is 2.57 bits per heavy atom. The standard InChI is InChI=1S/C29H42N2O4/c1-27-12-9-21(30-26(33)31-15-3-4-16-31)17-20(27)6-7-24-23(27)10-13-28(2)22(11-14-29(24,28)34)19-5-8-25(32)35-18-19/h5,8,18,20-24,34H,3-4,6-7,9-17H2,1-2H3,(H,30,33)/t20-,21+,22-,23?,24-,27+,28-,29+/m1/s1. The highest BCUT2D eigenvalue weighted by Gasteiger charge is 2.67. The van der Waals surface area contributed by atoms with Crippen LogP contribution in [0.3, 0.4) is 0 Å². The quantitative estimate of drug-likeness (QED) is 0.618. The van der Waals surface area contributed by atoms with Crippen LogP contribution in [0.1, 0.15) is 96.0 Å². The number of rotatable bonds is 2. The fraction of sp³-hybridized carbons (Fsp3) is 0.793. The van der Waals surface area contributed by atoms with Gasteiger partial charge >= 0.3 is 11.7 Å². The van der Waals surface area contributed by atoms with Crippen LogP contribution in [0, 0.1) is 28.6 Å². The molecule has 5 aliphatic rings. The lowest BCUT2D eigenvalue weighted by Crippen LogP contribution is -2.62. The fourth-order valence-corrected chi connectivity index (χ4v) is 9.64. The van der Waals surface area contributed by atoms with E-state index >= 15 is 0 Å². The third kappa shape index (κ3) is 3.53. The number of aliphatic hydroxyl groups is 1. The van der Waals surface area contributed by atoms with E-state index < -0.39 is 5.60 Å². The molecular formula is C29H42N2O4. The molecule has 0 bridgehead atoms. The van der Waals surface area contributed by atoms with Crippen molar-refractivity contribution in [1.29, 1.82) is 0 Å². The van der Waals surface area contributed by atoms with Crippen molar-refractivity contribution < 1.29 is 14.3 Å². The molecule has 2 amide bonds. The SMILES string of the molecule is C[C@]12CC[C@H](NC(=O)N3CCCC3)C[C@H]1CC[C@@H]1C2CC[C@]2(C)[C@@H](c3ccc(=O)oc3)CC[C@]12O. The van der Waals surface area contributed by atoms with E-state index in [1.807, 2.05) is 11.0 Å². The molecule has 1 aromatic heterocycles. The van der Waals surface area contributed by atoms with Crippen LogP contribution >= 0.6 is 0 Å². The summed E-state index contributed by atoms with van der Waals surface area (Å²) in [5.74, 6) is 1.73. The molecule has 2 heterocycles. The van der Waals surface area contributed by atoms with Crippen LogP contribution in [0.2, 0.25) is 0 Å². The highest BCUT2D eigenvalue weighted by molar-refractivity contribution is 5.74. The number of amides is 2. The summed E-state index contributed by atoms with van der Waals surface area (Å²) in [6, 6.07) is 3.87. The molecule has 0 spiro atoms. The minimum atomic E-state index is -0.661. The van der Waals surface area contributed by atoms with Crippen molar-refractivity contribution in [2.45, 2.75) is 102 Å². The molecule has 192 valence electrons. The van der Waals surface area contributed by atoms with Crippen LogP contribution < -0.4 is 10.9 Å². The van der Waals surface area contributed by atoms with Crippen LogP contribution in [0.5, 0.6) is 0 Å². The van der Waals surface area contributed by atoms with Gasteiger partial charge in [-0.25, -0.2) is 9.59 Å². The zero-order valence-corrected chi connectivity index (χ0v) is 21.4. The maximum absolute atomic E-state index is 12.7. The van der Waals surface area contributed by atoms with Crippen molar-refractivity contribution in [3.8, 4) is 0 Å². The molecule has 0 aromatic carbocycles. The maximum Gasteiger partial charge on any atom is 0.335 e. The van der Waals surface area contributed by atoms with Gasteiger partial charge in [-0.05, 0) is 111 Å². The lowest BCUT2D eigenvalue weighted by Gasteiger charge is -2.63. The molecular weight excluding hydrogens is 440 g/mol. The van der Waals surface area contributed by atoms with Crippen molar-refractivity contribution in [3.05, 3.63) is 34.4 Å². The molecule has 6 rings (SSSR count). The first kappa shape index (κ1) is 23.6. The molecule has 0 radical (unpaired) electrons. The van der Waals surface area contributed by atoms with E-state index in [-0.39, 0.29) is 28.4 Å². The van der Waals surface area contributed by atoms with E-state index in [0.717, 1.165) is 89.3 Å². The number of hydrogen-bond donors (Lipinski definition) is 2. The molecule has 6 nitrogen and oxygen atoms in total. The van der Waals surface area contributed by atoms with Gasteiger partial charge in [0.25, 0.3) is 0 Å². The lowest BCUT2D eigenvalue weighted by atomic mass is 9.43. The molecule has 8 atom stereocenters. The van der Waals surface area contributed by atoms with E-state index in [2.05, 4.69) is 19.2 Å². The Balaban J connectivity index is 1.19. The normalized spacial score (nSPS) is 44.9. The number of nitrogens with one attached hydrogen (secondary N) is 1. The summed E-state index contributed by atoms with van der Waals surface area (Å²) in [6.45, 7) is 6.59. The number of hydrogen-bond acceptors (Lipinski definition) is 4. The average molecular weight is 483 g/mol. The van der Waals surface area contributed by atoms with E-state index in [4.69, 9.17) is 4.42 Å². The van der Waals surface area contributed by atoms with Gasteiger partial charge in [0.15, 0.2) is 0 Å². The Hall–Kier alpha value is -1.82. The van der Waals surface area contributed by atoms with E-state index in [1.54, 1.807) is 6.26 Å². The Morgan fingerprint density at radius 2 is 1.83 bits per heavy atom. The first-order valence-electron chi connectivity index (χ1n) is 14.1. The minimum Gasteiger partial charge on any atom is -0.431 e. The molecule has 1 unspecified atom stereocenters. The van der Waals surface area contributed by atoms with Crippen molar-refractivity contribution in [1.82, 2.24) is 10.2 Å². The highest BCUT2D eigenvalue weighted by Crippen LogP contribution is 2.70. The minimum absolute atomic E-state index is 0.140. The summed E-state index contributed by atoms with van der Waals surface area (Å²) < 4.78 is 5.22. The van der Waals surface area contributed by atoms with E-state index in [1.165, 1.54) is 6.07 Å². The topological polar surface area (TPSA) is 82.8 Å². The number of fused-ring (bicyclic) bond motifs is 5. The van der Waals surface area contributed by atoms with Crippen molar-refractivity contribution in [2.24, 2.45) is 28.6 Å². The molecule has 1 aliphatic heterocycles. The first-order valence-corrected chi connectivity index (χ1v) is 14.1. The summed E-state index contributed by atoms with van der Waals surface area (Å²) in [5, 5.41) is 15.8. The fourth-order valence-electron chi connectivity index (χ4n) is 9.64. The van der Waals surface area contributed by atoms with Crippen molar-refractivity contribution >= 4 is 6.03 Å². The van der Waals surface area contributed by atoms with Gasteiger partial charge < -0.3 is 19.7 Å². The van der Waals surface area contributed by atoms with Crippen LogP contribution in [0.25, 0.3) is 0 Å². The Morgan fingerprint density at radius 1 is 1.03 bits per heavy atom. The molecule has 35 heavy (non-hydrogen) atoms. The largest absolute Gasteiger partial charge is 0.431 e. The van der Waals surface area contributed by atoms with Crippen LogP contribution in [-0.2, 0) is 0 Å². The van der Waals surface area contributed by atoms with Gasteiger partial charge in [-0.1, -0.05) is 13.8 Å². The van der Waals surface area contributed by atoms with Crippen molar-refractivity contribution in [2.75, 3.05) is 13.1 Å². The summed E-state index contributed by atoms with van der Waals surface area (Å²) in [7, 11) is 0. The average Bonchev–Trinajstić information content (AvgIpc) is 3.47. The lowest BCUT2D eigenvalue weighted by molar-refractivity contribution is -0.201. The second kappa shape index (κ2) is 8.36.